The summed E-state index contributed by atoms with van der Waals surface area (Å²) in [4.78, 5) is 14.4. The van der Waals surface area contributed by atoms with E-state index in [1.807, 2.05) is 31.2 Å². The van der Waals surface area contributed by atoms with Crippen LogP contribution in [0.5, 0.6) is 5.75 Å². The molecular weight excluding hydrogens is 300 g/mol. The molecule has 1 heterocycles. The van der Waals surface area contributed by atoms with Gasteiger partial charge in [-0.25, -0.2) is 0 Å². The molecule has 1 aliphatic rings. The number of hydrogen-bond donors (Lipinski definition) is 1. The van der Waals surface area contributed by atoms with Gasteiger partial charge >= 0.3 is 0 Å². The van der Waals surface area contributed by atoms with Crippen molar-refractivity contribution in [1.29, 1.82) is 0 Å². The summed E-state index contributed by atoms with van der Waals surface area (Å²) in [5, 5.41) is 3.03. The molecule has 0 unspecified atom stereocenters. The van der Waals surface area contributed by atoms with Crippen LogP contribution in [0.2, 0.25) is 0 Å². The van der Waals surface area contributed by atoms with Crippen molar-refractivity contribution in [3.05, 3.63) is 29.8 Å². The molecule has 0 spiro atoms. The summed E-state index contributed by atoms with van der Waals surface area (Å²) in [7, 11) is 0. The number of aryl methyl sites for hydroxylation is 1. The first-order valence-electron chi connectivity index (χ1n) is 9.43. The highest BCUT2D eigenvalue weighted by Crippen LogP contribution is 2.16. The molecule has 2 rings (SSSR count). The molecule has 0 aliphatic carbocycles. The summed E-state index contributed by atoms with van der Waals surface area (Å²) in [6.07, 6.45) is 7.74. The van der Waals surface area contributed by atoms with E-state index in [0.717, 1.165) is 37.2 Å². The predicted octanol–water partition coefficient (Wildman–Crippen LogP) is 3.54. The molecule has 0 radical (unpaired) electrons. The molecule has 134 valence electrons. The van der Waals surface area contributed by atoms with Crippen LogP contribution in [-0.4, -0.2) is 43.6 Å². The third-order valence-electron chi connectivity index (χ3n) is 4.57. The highest BCUT2D eigenvalue weighted by Gasteiger charge is 2.08. The highest BCUT2D eigenvalue weighted by molar-refractivity contribution is 5.75. The lowest BCUT2D eigenvalue weighted by Crippen LogP contribution is -2.30. The minimum absolute atomic E-state index is 0.138. The van der Waals surface area contributed by atoms with Gasteiger partial charge in [0.25, 0.3) is 0 Å². The quantitative estimate of drug-likeness (QED) is 0.703. The van der Waals surface area contributed by atoms with E-state index < -0.39 is 0 Å². The summed E-state index contributed by atoms with van der Waals surface area (Å²) in [6, 6.07) is 7.98. The second-order valence-corrected chi connectivity index (χ2v) is 6.68. The van der Waals surface area contributed by atoms with E-state index in [1.165, 1.54) is 38.8 Å². The van der Waals surface area contributed by atoms with Gasteiger partial charge in [-0.1, -0.05) is 31.0 Å². The number of nitrogens with one attached hydrogen (secondary N) is 1. The standard InChI is InChI=1S/C20H32N2O2/c1-18-10-4-5-11-19(18)24-17-8-12-20(23)21-13-9-16-22-14-6-2-3-7-15-22/h4-5,10-11H,2-3,6-9,12-17H2,1H3,(H,21,23). The number of hydrogen-bond acceptors (Lipinski definition) is 3. The number of ether oxygens (including phenoxy) is 1. The summed E-state index contributed by atoms with van der Waals surface area (Å²) in [6.45, 7) is 6.97. The fourth-order valence-corrected chi connectivity index (χ4v) is 3.11. The number of carbonyl (C=O) groups is 1. The SMILES string of the molecule is Cc1ccccc1OCCCC(=O)NCCCN1CCCCCC1. The molecule has 1 amide bonds. The van der Waals surface area contributed by atoms with Gasteiger partial charge in [0.05, 0.1) is 6.61 Å². The zero-order valence-electron chi connectivity index (χ0n) is 15.1. The van der Waals surface area contributed by atoms with Crippen molar-refractivity contribution in [2.75, 3.05) is 32.8 Å². The van der Waals surface area contributed by atoms with Gasteiger partial charge < -0.3 is 15.0 Å². The Balaban J connectivity index is 1.48. The first-order chi connectivity index (χ1) is 11.8. The average molecular weight is 332 g/mol. The lowest BCUT2D eigenvalue weighted by Gasteiger charge is -2.19. The molecule has 0 bridgehead atoms. The monoisotopic (exact) mass is 332 g/mol. The maximum Gasteiger partial charge on any atom is 0.220 e. The van der Waals surface area contributed by atoms with Crippen LogP contribution in [0.4, 0.5) is 0 Å². The summed E-state index contributed by atoms with van der Waals surface area (Å²) < 4.78 is 5.72. The second kappa shape index (κ2) is 11.1. The normalized spacial score (nSPS) is 15.7. The Morgan fingerprint density at radius 3 is 2.62 bits per heavy atom. The molecule has 0 saturated carbocycles. The third-order valence-corrected chi connectivity index (χ3v) is 4.57. The Hall–Kier alpha value is -1.55. The largest absolute Gasteiger partial charge is 0.493 e. The van der Waals surface area contributed by atoms with Crippen LogP contribution in [0.25, 0.3) is 0 Å². The first kappa shape index (κ1) is 18.8. The Kier molecular flexibility index (Phi) is 8.67. The van der Waals surface area contributed by atoms with Crippen molar-refractivity contribution in [2.24, 2.45) is 0 Å². The van der Waals surface area contributed by atoms with Crippen molar-refractivity contribution in [3.8, 4) is 5.75 Å². The topological polar surface area (TPSA) is 41.6 Å². The van der Waals surface area contributed by atoms with Crippen molar-refractivity contribution < 1.29 is 9.53 Å². The first-order valence-corrected chi connectivity index (χ1v) is 9.43. The molecule has 0 atom stereocenters. The summed E-state index contributed by atoms with van der Waals surface area (Å²) >= 11 is 0. The fraction of sp³-hybridized carbons (Fsp3) is 0.650. The molecule has 1 fully saturated rings. The van der Waals surface area contributed by atoms with E-state index in [4.69, 9.17) is 4.74 Å². The van der Waals surface area contributed by atoms with E-state index in [2.05, 4.69) is 10.2 Å². The molecule has 1 saturated heterocycles. The lowest BCUT2D eigenvalue weighted by atomic mass is 10.2. The number of para-hydroxylation sites is 1. The van der Waals surface area contributed by atoms with Crippen LogP contribution in [-0.2, 0) is 4.79 Å². The molecule has 24 heavy (non-hydrogen) atoms. The summed E-state index contributed by atoms with van der Waals surface area (Å²) in [5.74, 6) is 1.05. The number of rotatable bonds is 9. The molecule has 1 aromatic rings. The van der Waals surface area contributed by atoms with E-state index in [1.54, 1.807) is 0 Å². The van der Waals surface area contributed by atoms with Crippen LogP contribution < -0.4 is 10.1 Å². The zero-order valence-corrected chi connectivity index (χ0v) is 15.1. The summed E-state index contributed by atoms with van der Waals surface area (Å²) in [5.41, 5.74) is 1.13. The number of nitrogens with zero attached hydrogens (tertiary/aromatic N) is 1. The second-order valence-electron chi connectivity index (χ2n) is 6.68. The van der Waals surface area contributed by atoms with Crippen molar-refractivity contribution in [3.63, 3.8) is 0 Å². The van der Waals surface area contributed by atoms with E-state index in [9.17, 15) is 4.79 Å². The zero-order chi connectivity index (χ0) is 17.0. The van der Waals surface area contributed by atoms with Crippen molar-refractivity contribution >= 4 is 5.91 Å². The predicted molar refractivity (Wildman–Crippen MR) is 98.4 cm³/mol. The third kappa shape index (κ3) is 7.35. The maximum absolute atomic E-state index is 11.8. The van der Waals surface area contributed by atoms with Gasteiger partial charge in [0.2, 0.25) is 5.91 Å². The van der Waals surface area contributed by atoms with E-state index in [0.29, 0.717) is 13.0 Å². The van der Waals surface area contributed by atoms with E-state index >= 15 is 0 Å². The van der Waals surface area contributed by atoms with Crippen LogP contribution >= 0.6 is 0 Å². The maximum atomic E-state index is 11.8. The van der Waals surface area contributed by atoms with Crippen LogP contribution in [0.3, 0.4) is 0 Å². The number of carbonyl (C=O) groups excluding carboxylic acids is 1. The minimum atomic E-state index is 0.138. The minimum Gasteiger partial charge on any atom is -0.493 e. The van der Waals surface area contributed by atoms with Gasteiger partial charge in [-0.15, -0.1) is 0 Å². The molecular formula is C20H32N2O2. The van der Waals surface area contributed by atoms with Gasteiger partial charge in [-0.2, -0.15) is 0 Å². The van der Waals surface area contributed by atoms with Gasteiger partial charge in [-0.3, -0.25) is 4.79 Å². The number of benzene rings is 1. The average Bonchev–Trinajstić information content (AvgIpc) is 2.86. The fourth-order valence-electron chi connectivity index (χ4n) is 3.11. The van der Waals surface area contributed by atoms with Crippen LogP contribution in [0.15, 0.2) is 24.3 Å². The Labute approximate surface area is 146 Å². The molecule has 4 nitrogen and oxygen atoms in total. The van der Waals surface area contributed by atoms with Gasteiger partial charge in [0.15, 0.2) is 0 Å². The van der Waals surface area contributed by atoms with Crippen molar-refractivity contribution in [1.82, 2.24) is 10.2 Å². The molecule has 1 aliphatic heterocycles. The lowest BCUT2D eigenvalue weighted by molar-refractivity contribution is -0.121. The van der Waals surface area contributed by atoms with Gasteiger partial charge in [-0.05, 0) is 63.9 Å². The Bertz CT molecular complexity index is 482. The van der Waals surface area contributed by atoms with E-state index in [-0.39, 0.29) is 5.91 Å². The number of likely N-dealkylation sites (tertiary alicyclic amines) is 1. The van der Waals surface area contributed by atoms with Gasteiger partial charge in [0, 0.05) is 13.0 Å². The van der Waals surface area contributed by atoms with Crippen LogP contribution in [0, 0.1) is 6.92 Å². The Morgan fingerprint density at radius 2 is 1.88 bits per heavy atom. The molecule has 4 heteroatoms. The Morgan fingerprint density at radius 1 is 1.12 bits per heavy atom. The van der Waals surface area contributed by atoms with Crippen LogP contribution in [0.1, 0.15) is 50.5 Å². The highest BCUT2D eigenvalue weighted by atomic mass is 16.5. The smallest absolute Gasteiger partial charge is 0.220 e. The molecule has 1 aromatic carbocycles. The van der Waals surface area contributed by atoms with Crippen molar-refractivity contribution in [2.45, 2.75) is 51.9 Å². The molecule has 1 N–H and O–H groups in total. The number of amides is 1. The molecule has 0 aromatic heterocycles. The van der Waals surface area contributed by atoms with Gasteiger partial charge in [0.1, 0.15) is 5.75 Å².